The monoisotopic (exact) mass is 310 g/mol. The van der Waals surface area contributed by atoms with Gasteiger partial charge in [0.2, 0.25) is 11.8 Å². The first-order valence-electron chi connectivity index (χ1n) is 7.90. The Hall–Kier alpha value is -2.63. The predicted octanol–water partition coefficient (Wildman–Crippen LogP) is 1.44. The van der Waals surface area contributed by atoms with Crippen molar-refractivity contribution >= 4 is 17.5 Å². The number of hydrogen-bond acceptors (Lipinski definition) is 3. The van der Waals surface area contributed by atoms with Crippen LogP contribution in [0.3, 0.4) is 0 Å². The number of benzene rings is 1. The molecule has 2 atom stereocenters. The van der Waals surface area contributed by atoms with Gasteiger partial charge in [0, 0.05) is 43.5 Å². The summed E-state index contributed by atoms with van der Waals surface area (Å²) in [7, 11) is 0. The number of imidazole rings is 1. The lowest BCUT2D eigenvalue weighted by Gasteiger charge is -2.29. The molecule has 1 aromatic carbocycles. The molecule has 2 unspecified atom stereocenters. The molecule has 6 heteroatoms. The molecule has 0 radical (unpaired) electrons. The second-order valence-corrected chi connectivity index (χ2v) is 6.13. The molecule has 0 fully saturated rings. The van der Waals surface area contributed by atoms with Crippen LogP contribution in [0.25, 0.3) is 0 Å². The largest absolute Gasteiger partial charge is 0.351 e. The number of carbonyl (C=O) groups is 2. The van der Waals surface area contributed by atoms with Gasteiger partial charge < -0.3 is 15.2 Å². The Balaban J connectivity index is 1.51. The highest BCUT2D eigenvalue weighted by molar-refractivity contribution is 6.01. The van der Waals surface area contributed by atoms with Crippen LogP contribution in [0.5, 0.6) is 0 Å². The number of fused-ring (bicyclic) bond motifs is 2. The van der Waals surface area contributed by atoms with Crippen molar-refractivity contribution in [3.8, 4) is 0 Å². The predicted molar refractivity (Wildman–Crippen MR) is 84.9 cm³/mol. The van der Waals surface area contributed by atoms with Gasteiger partial charge in [-0.05, 0) is 18.1 Å². The molecule has 2 N–H and O–H groups in total. The van der Waals surface area contributed by atoms with E-state index in [9.17, 15) is 9.59 Å². The number of amides is 2. The van der Waals surface area contributed by atoms with Gasteiger partial charge in [0.05, 0.1) is 5.92 Å². The second kappa shape index (κ2) is 5.53. The van der Waals surface area contributed by atoms with Crippen LogP contribution in [0.15, 0.2) is 36.7 Å². The Labute approximate surface area is 133 Å². The lowest BCUT2D eigenvalue weighted by atomic mass is 9.89. The summed E-state index contributed by atoms with van der Waals surface area (Å²) < 4.78 is 2.08. The van der Waals surface area contributed by atoms with E-state index in [-0.39, 0.29) is 24.3 Å². The van der Waals surface area contributed by atoms with E-state index in [1.807, 2.05) is 30.5 Å². The summed E-state index contributed by atoms with van der Waals surface area (Å²) in [6.07, 6.45) is 5.67. The van der Waals surface area contributed by atoms with Crippen LogP contribution in [0, 0.1) is 0 Å². The average molecular weight is 310 g/mol. The second-order valence-electron chi connectivity index (χ2n) is 6.13. The molecule has 0 bridgehead atoms. The van der Waals surface area contributed by atoms with Gasteiger partial charge in [-0.15, -0.1) is 0 Å². The molecule has 2 aromatic rings. The van der Waals surface area contributed by atoms with Crippen LogP contribution in [-0.2, 0) is 22.6 Å². The van der Waals surface area contributed by atoms with E-state index in [1.165, 1.54) is 0 Å². The van der Waals surface area contributed by atoms with E-state index in [1.54, 1.807) is 6.20 Å². The quantitative estimate of drug-likeness (QED) is 0.881. The fourth-order valence-electron chi connectivity index (χ4n) is 3.43. The Kier molecular flexibility index (Phi) is 3.37. The minimum Gasteiger partial charge on any atom is -0.351 e. The first-order valence-corrected chi connectivity index (χ1v) is 7.90. The number of nitrogens with one attached hydrogen (secondary N) is 2. The van der Waals surface area contributed by atoms with E-state index in [0.717, 1.165) is 36.5 Å². The van der Waals surface area contributed by atoms with Gasteiger partial charge in [-0.2, -0.15) is 0 Å². The van der Waals surface area contributed by atoms with Crippen LogP contribution in [0.4, 0.5) is 5.69 Å². The van der Waals surface area contributed by atoms with Crippen molar-refractivity contribution in [2.45, 2.75) is 37.8 Å². The molecule has 4 rings (SSSR count). The third kappa shape index (κ3) is 2.60. The highest BCUT2D eigenvalue weighted by Gasteiger charge is 2.32. The van der Waals surface area contributed by atoms with Gasteiger partial charge in [0.25, 0.3) is 0 Å². The maximum Gasteiger partial charge on any atom is 0.228 e. The van der Waals surface area contributed by atoms with Gasteiger partial charge in [-0.25, -0.2) is 4.98 Å². The zero-order valence-electron chi connectivity index (χ0n) is 12.7. The summed E-state index contributed by atoms with van der Waals surface area (Å²) in [5.41, 5.74) is 1.63. The Morgan fingerprint density at radius 1 is 1.35 bits per heavy atom. The molecule has 23 heavy (non-hydrogen) atoms. The number of para-hydroxylation sites is 1. The summed E-state index contributed by atoms with van der Waals surface area (Å²) in [5.74, 6) is 0.479. The number of nitrogens with zero attached hydrogens (tertiary/aromatic N) is 2. The van der Waals surface area contributed by atoms with E-state index in [2.05, 4.69) is 20.2 Å². The summed E-state index contributed by atoms with van der Waals surface area (Å²) >= 11 is 0. The molecular formula is C17H18N4O2. The van der Waals surface area contributed by atoms with E-state index in [0.29, 0.717) is 0 Å². The SMILES string of the molecule is O=C1CC(C(=O)NC2CCc3nccn3C2)c2ccccc2N1. The van der Waals surface area contributed by atoms with Gasteiger partial charge in [0.15, 0.2) is 0 Å². The van der Waals surface area contributed by atoms with Crippen molar-refractivity contribution in [1.82, 2.24) is 14.9 Å². The van der Waals surface area contributed by atoms with Crippen LogP contribution in [0.2, 0.25) is 0 Å². The van der Waals surface area contributed by atoms with E-state index < -0.39 is 5.92 Å². The van der Waals surface area contributed by atoms with Gasteiger partial charge >= 0.3 is 0 Å². The first kappa shape index (κ1) is 14.0. The first-order chi connectivity index (χ1) is 11.2. The van der Waals surface area contributed by atoms with Crippen molar-refractivity contribution in [2.24, 2.45) is 0 Å². The molecule has 2 aliphatic rings. The highest BCUT2D eigenvalue weighted by Crippen LogP contribution is 2.32. The smallest absolute Gasteiger partial charge is 0.228 e. The minimum absolute atomic E-state index is 0.0686. The number of carbonyl (C=O) groups excluding carboxylic acids is 2. The molecule has 0 saturated carbocycles. The fraction of sp³-hybridized carbons (Fsp3) is 0.353. The molecule has 2 amide bonds. The molecule has 6 nitrogen and oxygen atoms in total. The maximum absolute atomic E-state index is 12.7. The molecule has 3 heterocycles. The molecule has 0 saturated heterocycles. The topological polar surface area (TPSA) is 76.0 Å². The number of hydrogen-bond donors (Lipinski definition) is 2. The normalized spacial score (nSPS) is 22.7. The van der Waals surface area contributed by atoms with Gasteiger partial charge in [-0.3, -0.25) is 9.59 Å². The lowest BCUT2D eigenvalue weighted by Crippen LogP contribution is -2.44. The summed E-state index contributed by atoms with van der Waals surface area (Å²) in [6, 6.07) is 7.59. The van der Waals surface area contributed by atoms with Crippen LogP contribution < -0.4 is 10.6 Å². The van der Waals surface area contributed by atoms with E-state index in [4.69, 9.17) is 0 Å². The van der Waals surface area contributed by atoms with E-state index >= 15 is 0 Å². The summed E-state index contributed by atoms with van der Waals surface area (Å²) in [5, 5.41) is 5.94. The molecule has 0 spiro atoms. The van der Waals surface area contributed by atoms with Crippen LogP contribution in [0.1, 0.15) is 30.1 Å². The van der Waals surface area contributed by atoms with Crippen LogP contribution in [-0.4, -0.2) is 27.4 Å². The third-order valence-corrected chi connectivity index (χ3v) is 4.60. The summed E-state index contributed by atoms with van der Waals surface area (Å²) in [4.78, 5) is 28.9. The van der Waals surface area contributed by atoms with Crippen LogP contribution >= 0.6 is 0 Å². The molecule has 118 valence electrons. The molecule has 2 aliphatic heterocycles. The lowest BCUT2D eigenvalue weighted by molar-refractivity contribution is -0.127. The molecular weight excluding hydrogens is 292 g/mol. The number of aryl methyl sites for hydroxylation is 1. The fourth-order valence-corrected chi connectivity index (χ4v) is 3.43. The zero-order chi connectivity index (χ0) is 15.8. The number of aromatic nitrogens is 2. The number of anilines is 1. The van der Waals surface area contributed by atoms with Crippen molar-refractivity contribution in [3.63, 3.8) is 0 Å². The maximum atomic E-state index is 12.7. The molecule has 0 aliphatic carbocycles. The Morgan fingerprint density at radius 2 is 2.22 bits per heavy atom. The molecule has 1 aromatic heterocycles. The van der Waals surface area contributed by atoms with Gasteiger partial charge in [0.1, 0.15) is 5.82 Å². The minimum atomic E-state index is -0.413. The Bertz CT molecular complexity index is 767. The van der Waals surface area contributed by atoms with Crippen molar-refractivity contribution in [1.29, 1.82) is 0 Å². The summed E-state index contributed by atoms with van der Waals surface area (Å²) in [6.45, 7) is 0.738. The van der Waals surface area contributed by atoms with Crippen molar-refractivity contribution in [2.75, 3.05) is 5.32 Å². The Morgan fingerprint density at radius 3 is 3.13 bits per heavy atom. The standard InChI is InChI=1S/C17H18N4O2/c22-16-9-13(12-3-1-2-4-14(12)20-16)17(23)19-11-5-6-15-18-7-8-21(15)10-11/h1-4,7-8,11,13H,5-6,9-10H2,(H,19,23)(H,20,22). The highest BCUT2D eigenvalue weighted by atomic mass is 16.2. The zero-order valence-corrected chi connectivity index (χ0v) is 12.7. The van der Waals surface area contributed by atoms with Gasteiger partial charge in [-0.1, -0.05) is 18.2 Å². The van der Waals surface area contributed by atoms with Crippen molar-refractivity contribution in [3.05, 3.63) is 48.0 Å². The average Bonchev–Trinajstić information content (AvgIpc) is 3.01. The van der Waals surface area contributed by atoms with Crippen molar-refractivity contribution < 1.29 is 9.59 Å². The number of rotatable bonds is 2. The third-order valence-electron chi connectivity index (χ3n) is 4.60.